The van der Waals surface area contributed by atoms with Gasteiger partial charge >= 0.3 is 0 Å². The highest BCUT2D eigenvalue weighted by Crippen LogP contribution is 2.37. The molecule has 0 aliphatic heterocycles. The predicted molar refractivity (Wildman–Crippen MR) is 68.4 cm³/mol. The molecule has 1 rings (SSSR count). The molecule has 0 saturated heterocycles. The molecule has 0 heterocycles. The summed E-state index contributed by atoms with van der Waals surface area (Å²) in [7, 11) is 0. The number of halogens is 3. The van der Waals surface area contributed by atoms with E-state index in [2.05, 4.69) is 68.3 Å². The van der Waals surface area contributed by atoms with Crippen LogP contribution in [-0.2, 0) is 0 Å². The first-order chi connectivity index (χ1) is 5.46. The second kappa shape index (κ2) is 3.84. The molecule has 1 nitrogen and oxygen atoms in total. The van der Waals surface area contributed by atoms with E-state index in [4.69, 9.17) is 5.73 Å². The van der Waals surface area contributed by atoms with Gasteiger partial charge in [-0.15, -0.1) is 0 Å². The Labute approximate surface area is 102 Å². The third-order valence-corrected chi connectivity index (χ3v) is 5.45. The molecule has 0 spiro atoms. The van der Waals surface area contributed by atoms with Gasteiger partial charge < -0.3 is 5.73 Å². The SMILES string of the molecule is Cc1c(Br)c(N)c(Br)c(C)c1I. The zero-order valence-electron chi connectivity index (χ0n) is 6.71. The lowest BCUT2D eigenvalue weighted by Crippen LogP contribution is -1.97. The van der Waals surface area contributed by atoms with Crippen LogP contribution in [0.15, 0.2) is 8.95 Å². The first-order valence-electron chi connectivity index (χ1n) is 3.36. The average Bonchev–Trinajstić information content (AvgIpc) is 2.08. The van der Waals surface area contributed by atoms with Gasteiger partial charge in [-0.2, -0.15) is 0 Å². The fourth-order valence-electron chi connectivity index (χ4n) is 0.974. The van der Waals surface area contributed by atoms with E-state index in [1.54, 1.807) is 0 Å². The van der Waals surface area contributed by atoms with Gasteiger partial charge in [-0.25, -0.2) is 0 Å². The number of rotatable bonds is 0. The Kier molecular flexibility index (Phi) is 3.45. The third kappa shape index (κ3) is 1.65. The molecule has 2 N–H and O–H groups in total. The summed E-state index contributed by atoms with van der Waals surface area (Å²) in [5, 5.41) is 0. The Balaban J connectivity index is 3.60. The fourth-order valence-corrected chi connectivity index (χ4v) is 3.31. The summed E-state index contributed by atoms with van der Waals surface area (Å²) in [5.74, 6) is 0. The van der Waals surface area contributed by atoms with Crippen LogP contribution in [-0.4, -0.2) is 0 Å². The monoisotopic (exact) mass is 403 g/mol. The standard InChI is InChI=1S/C8H8Br2IN/c1-3-5(9)8(12)6(10)4(2)7(3)11/h12H2,1-2H3. The Morgan fingerprint density at radius 2 is 1.42 bits per heavy atom. The Hall–Kier alpha value is 0.710. The van der Waals surface area contributed by atoms with E-state index < -0.39 is 0 Å². The highest BCUT2D eigenvalue weighted by Gasteiger charge is 2.12. The van der Waals surface area contributed by atoms with E-state index in [1.165, 1.54) is 14.7 Å². The molecule has 0 fully saturated rings. The first-order valence-corrected chi connectivity index (χ1v) is 6.02. The van der Waals surface area contributed by atoms with E-state index >= 15 is 0 Å². The molecule has 0 unspecified atom stereocenters. The number of anilines is 1. The molecule has 0 radical (unpaired) electrons. The Morgan fingerprint density at radius 3 is 1.75 bits per heavy atom. The molecule has 0 aromatic heterocycles. The molecule has 0 aliphatic rings. The van der Waals surface area contributed by atoms with Crippen LogP contribution in [0.1, 0.15) is 11.1 Å². The van der Waals surface area contributed by atoms with Crippen LogP contribution in [0.3, 0.4) is 0 Å². The summed E-state index contributed by atoms with van der Waals surface area (Å²) in [6.45, 7) is 4.11. The lowest BCUT2D eigenvalue weighted by Gasteiger charge is -2.11. The quantitative estimate of drug-likeness (QED) is 0.513. The molecule has 1 aromatic rings. The summed E-state index contributed by atoms with van der Waals surface area (Å²) < 4.78 is 3.23. The zero-order chi connectivity index (χ0) is 9.46. The molecule has 4 heteroatoms. The number of benzene rings is 1. The van der Waals surface area contributed by atoms with Crippen molar-refractivity contribution in [3.05, 3.63) is 23.6 Å². The van der Waals surface area contributed by atoms with Gasteiger partial charge in [0.05, 0.1) is 5.69 Å². The average molecular weight is 405 g/mol. The van der Waals surface area contributed by atoms with Gasteiger partial charge in [-0.05, 0) is 79.4 Å². The van der Waals surface area contributed by atoms with Crippen molar-refractivity contribution >= 4 is 60.1 Å². The third-order valence-electron chi connectivity index (χ3n) is 1.79. The molecule has 0 amide bonds. The van der Waals surface area contributed by atoms with Crippen molar-refractivity contribution in [3.63, 3.8) is 0 Å². The van der Waals surface area contributed by atoms with Gasteiger partial charge in [0.15, 0.2) is 0 Å². The van der Waals surface area contributed by atoms with Gasteiger partial charge in [-0.1, -0.05) is 0 Å². The van der Waals surface area contributed by atoms with Crippen LogP contribution in [0.5, 0.6) is 0 Å². The minimum Gasteiger partial charge on any atom is -0.397 e. The highest BCUT2D eigenvalue weighted by atomic mass is 127. The van der Waals surface area contributed by atoms with Crippen molar-refractivity contribution in [1.29, 1.82) is 0 Å². The second-order valence-corrected chi connectivity index (χ2v) is 5.27. The molecular weight excluding hydrogens is 397 g/mol. The van der Waals surface area contributed by atoms with Crippen molar-refractivity contribution < 1.29 is 0 Å². The molecule has 66 valence electrons. The van der Waals surface area contributed by atoms with Crippen molar-refractivity contribution in [2.24, 2.45) is 0 Å². The van der Waals surface area contributed by atoms with Crippen LogP contribution in [0, 0.1) is 17.4 Å². The number of hydrogen-bond donors (Lipinski definition) is 1. The maximum Gasteiger partial charge on any atom is 0.0609 e. The summed E-state index contributed by atoms with van der Waals surface area (Å²) in [5.41, 5.74) is 9.04. The lowest BCUT2D eigenvalue weighted by molar-refractivity contribution is 1.30. The molecule has 0 atom stereocenters. The molecule has 0 bridgehead atoms. The van der Waals surface area contributed by atoms with Gasteiger partial charge in [0, 0.05) is 12.5 Å². The van der Waals surface area contributed by atoms with Gasteiger partial charge in [0.25, 0.3) is 0 Å². The second-order valence-electron chi connectivity index (χ2n) is 2.61. The van der Waals surface area contributed by atoms with Crippen molar-refractivity contribution in [3.8, 4) is 0 Å². The molecule has 0 aliphatic carbocycles. The largest absolute Gasteiger partial charge is 0.397 e. The smallest absolute Gasteiger partial charge is 0.0609 e. The first kappa shape index (κ1) is 10.8. The van der Waals surface area contributed by atoms with Crippen molar-refractivity contribution in [1.82, 2.24) is 0 Å². The van der Waals surface area contributed by atoms with E-state index in [9.17, 15) is 0 Å². The summed E-state index contributed by atoms with van der Waals surface area (Å²) in [6, 6.07) is 0. The highest BCUT2D eigenvalue weighted by molar-refractivity contribution is 14.1. The Morgan fingerprint density at radius 1 is 1.08 bits per heavy atom. The van der Waals surface area contributed by atoms with Crippen LogP contribution in [0.25, 0.3) is 0 Å². The maximum absolute atomic E-state index is 5.86. The van der Waals surface area contributed by atoms with Crippen LogP contribution < -0.4 is 5.73 Å². The molecular formula is C8H8Br2IN. The molecule has 0 saturated carbocycles. The van der Waals surface area contributed by atoms with Gasteiger partial charge in [0.1, 0.15) is 0 Å². The van der Waals surface area contributed by atoms with Crippen molar-refractivity contribution in [2.45, 2.75) is 13.8 Å². The van der Waals surface area contributed by atoms with Crippen LogP contribution in [0.2, 0.25) is 0 Å². The van der Waals surface area contributed by atoms with Gasteiger partial charge in [-0.3, -0.25) is 0 Å². The number of hydrogen-bond acceptors (Lipinski definition) is 1. The summed E-state index contributed by atoms with van der Waals surface area (Å²) >= 11 is 9.23. The topological polar surface area (TPSA) is 26.0 Å². The number of nitrogens with two attached hydrogens (primary N) is 1. The van der Waals surface area contributed by atoms with Crippen LogP contribution in [0.4, 0.5) is 5.69 Å². The van der Waals surface area contributed by atoms with E-state index in [1.807, 2.05) is 0 Å². The van der Waals surface area contributed by atoms with Crippen molar-refractivity contribution in [2.75, 3.05) is 5.73 Å². The maximum atomic E-state index is 5.86. The van der Waals surface area contributed by atoms with E-state index in [-0.39, 0.29) is 0 Å². The summed E-state index contributed by atoms with van der Waals surface area (Å²) in [4.78, 5) is 0. The minimum absolute atomic E-state index is 0.783. The lowest BCUT2D eigenvalue weighted by atomic mass is 10.1. The van der Waals surface area contributed by atoms with E-state index in [0.717, 1.165) is 14.6 Å². The Bertz CT molecular complexity index is 231. The number of nitrogen functional groups attached to an aromatic ring is 1. The molecule has 1 aromatic carbocycles. The van der Waals surface area contributed by atoms with Crippen LogP contribution >= 0.6 is 54.5 Å². The minimum atomic E-state index is 0.783. The van der Waals surface area contributed by atoms with Gasteiger partial charge in [0.2, 0.25) is 0 Å². The molecule has 12 heavy (non-hydrogen) atoms. The van der Waals surface area contributed by atoms with E-state index in [0.29, 0.717) is 0 Å². The summed E-state index contributed by atoms with van der Waals surface area (Å²) in [6.07, 6.45) is 0. The zero-order valence-corrected chi connectivity index (χ0v) is 12.0. The predicted octanol–water partition coefficient (Wildman–Crippen LogP) is 4.02. The fraction of sp³-hybridized carbons (Fsp3) is 0.250. The normalized spacial score (nSPS) is 10.4.